The van der Waals surface area contributed by atoms with Crippen molar-refractivity contribution in [2.45, 2.75) is 32.2 Å². The minimum Gasteiger partial charge on any atom is -0.347 e. The molecule has 0 radical (unpaired) electrons. The first-order valence-corrected chi connectivity index (χ1v) is 10.7. The van der Waals surface area contributed by atoms with Gasteiger partial charge in [0.2, 0.25) is 0 Å². The number of hydrogen-bond donors (Lipinski definition) is 2. The second-order valence-corrected chi connectivity index (χ2v) is 8.60. The van der Waals surface area contributed by atoms with Crippen LogP contribution in [0.3, 0.4) is 0 Å². The molecule has 142 valence electrons. The number of nitrogens with zero attached hydrogens (tertiary/aromatic N) is 2. The standard InChI is InChI=1S/C22H28N4S/c1-25-11-2-4-17(8-12-25)9-13-26-14-10-18-6-7-19(16-20(18)26)24-22(23)21-5-3-15-27-21/h3,5-7,10,14-17H,2,4,8-9,11-13H2,1H3,(H2,23,24). The van der Waals surface area contributed by atoms with Gasteiger partial charge in [0.15, 0.2) is 0 Å². The van der Waals surface area contributed by atoms with E-state index in [0.717, 1.165) is 23.0 Å². The normalized spacial score (nSPS) is 18.5. The fraction of sp³-hybridized carbons (Fsp3) is 0.409. The molecule has 1 unspecified atom stereocenters. The number of hydrogen-bond acceptors (Lipinski definition) is 3. The van der Waals surface area contributed by atoms with Gasteiger partial charge in [0.1, 0.15) is 5.84 Å². The zero-order chi connectivity index (χ0) is 18.6. The van der Waals surface area contributed by atoms with Gasteiger partial charge in [0.05, 0.1) is 10.4 Å². The lowest BCUT2D eigenvalue weighted by Gasteiger charge is -2.16. The lowest BCUT2D eigenvalue weighted by molar-refractivity contribution is 0.336. The van der Waals surface area contributed by atoms with Gasteiger partial charge < -0.3 is 14.8 Å². The summed E-state index contributed by atoms with van der Waals surface area (Å²) >= 11 is 1.59. The molecule has 1 fully saturated rings. The van der Waals surface area contributed by atoms with Crippen molar-refractivity contribution in [1.82, 2.24) is 9.47 Å². The van der Waals surface area contributed by atoms with Gasteiger partial charge in [-0.15, -0.1) is 11.3 Å². The summed E-state index contributed by atoms with van der Waals surface area (Å²) in [5.74, 6) is 1.30. The summed E-state index contributed by atoms with van der Waals surface area (Å²) < 4.78 is 2.38. The highest BCUT2D eigenvalue weighted by Gasteiger charge is 2.15. The Labute approximate surface area is 165 Å². The van der Waals surface area contributed by atoms with Crippen molar-refractivity contribution in [2.75, 3.05) is 25.5 Å². The summed E-state index contributed by atoms with van der Waals surface area (Å²) in [5.41, 5.74) is 2.24. The van der Waals surface area contributed by atoms with Gasteiger partial charge in [-0.05, 0) is 86.8 Å². The maximum atomic E-state index is 8.25. The summed E-state index contributed by atoms with van der Waals surface area (Å²) in [6.45, 7) is 3.55. The Morgan fingerprint density at radius 2 is 2.15 bits per heavy atom. The number of amidine groups is 1. The second kappa shape index (κ2) is 8.28. The van der Waals surface area contributed by atoms with Crippen molar-refractivity contribution in [3.8, 4) is 0 Å². The van der Waals surface area contributed by atoms with Crippen LogP contribution in [0.1, 0.15) is 30.6 Å². The molecule has 2 N–H and O–H groups in total. The quantitative estimate of drug-likeness (QED) is 0.468. The fourth-order valence-corrected chi connectivity index (χ4v) is 4.63. The highest BCUT2D eigenvalue weighted by molar-refractivity contribution is 7.12. The number of nitrogens with one attached hydrogen (secondary N) is 2. The van der Waals surface area contributed by atoms with E-state index in [-0.39, 0.29) is 0 Å². The van der Waals surface area contributed by atoms with Crippen LogP contribution in [0, 0.1) is 11.3 Å². The maximum absolute atomic E-state index is 8.25. The van der Waals surface area contributed by atoms with E-state index < -0.39 is 0 Å². The van der Waals surface area contributed by atoms with Crippen LogP contribution in [0.15, 0.2) is 48.0 Å². The van der Waals surface area contributed by atoms with Gasteiger partial charge in [-0.1, -0.05) is 12.1 Å². The van der Waals surface area contributed by atoms with Crippen LogP contribution in [0.25, 0.3) is 10.9 Å². The molecule has 1 saturated heterocycles. The molecular weight excluding hydrogens is 352 g/mol. The largest absolute Gasteiger partial charge is 0.347 e. The van der Waals surface area contributed by atoms with Gasteiger partial charge in [0.25, 0.3) is 0 Å². The first-order valence-electron chi connectivity index (χ1n) is 9.86. The van der Waals surface area contributed by atoms with Crippen molar-refractivity contribution >= 4 is 33.8 Å². The fourth-order valence-electron chi connectivity index (χ4n) is 4.00. The Kier molecular flexibility index (Phi) is 5.60. The molecule has 2 aromatic heterocycles. The van der Waals surface area contributed by atoms with Crippen molar-refractivity contribution in [3.63, 3.8) is 0 Å². The van der Waals surface area contributed by atoms with E-state index >= 15 is 0 Å². The van der Waals surface area contributed by atoms with Crippen LogP contribution in [-0.2, 0) is 6.54 Å². The number of fused-ring (bicyclic) bond motifs is 1. The molecule has 27 heavy (non-hydrogen) atoms. The molecule has 4 nitrogen and oxygen atoms in total. The van der Waals surface area contributed by atoms with Gasteiger partial charge in [-0.2, -0.15) is 0 Å². The Morgan fingerprint density at radius 1 is 1.22 bits per heavy atom. The Bertz CT molecular complexity index is 896. The van der Waals surface area contributed by atoms with Crippen molar-refractivity contribution < 1.29 is 0 Å². The summed E-state index contributed by atoms with van der Waals surface area (Å²) in [5, 5.41) is 14.8. The van der Waals surface area contributed by atoms with E-state index in [4.69, 9.17) is 5.41 Å². The van der Waals surface area contributed by atoms with Gasteiger partial charge in [0, 0.05) is 18.4 Å². The van der Waals surface area contributed by atoms with Crippen LogP contribution in [0.4, 0.5) is 5.69 Å². The first-order chi connectivity index (χ1) is 13.2. The molecular formula is C22H28N4S. The average molecular weight is 381 g/mol. The number of anilines is 1. The van der Waals surface area contributed by atoms with Crippen LogP contribution in [0.5, 0.6) is 0 Å². The second-order valence-electron chi connectivity index (χ2n) is 7.65. The molecule has 0 spiro atoms. The van der Waals surface area contributed by atoms with Crippen LogP contribution in [-0.4, -0.2) is 35.4 Å². The SMILES string of the molecule is CN1CCCC(CCn2ccc3ccc(NC(=N)c4cccs4)cc32)CC1. The third-order valence-corrected chi connectivity index (χ3v) is 6.55. The van der Waals surface area contributed by atoms with Gasteiger partial charge in [-0.3, -0.25) is 5.41 Å². The average Bonchev–Trinajstić information content (AvgIpc) is 3.29. The highest BCUT2D eigenvalue weighted by Crippen LogP contribution is 2.25. The number of rotatable bonds is 5. The van der Waals surface area contributed by atoms with Gasteiger partial charge >= 0.3 is 0 Å². The maximum Gasteiger partial charge on any atom is 0.140 e. The van der Waals surface area contributed by atoms with E-state index in [1.54, 1.807) is 11.3 Å². The van der Waals surface area contributed by atoms with Crippen molar-refractivity contribution in [1.29, 1.82) is 5.41 Å². The molecule has 5 heteroatoms. The molecule has 0 aliphatic carbocycles. The Hall–Kier alpha value is -2.11. The summed E-state index contributed by atoms with van der Waals surface area (Å²) in [6, 6.07) is 12.6. The third-order valence-electron chi connectivity index (χ3n) is 5.66. The molecule has 0 amide bonds. The van der Waals surface area contributed by atoms with Crippen LogP contribution in [0.2, 0.25) is 0 Å². The zero-order valence-corrected chi connectivity index (χ0v) is 16.8. The number of likely N-dealkylation sites (tertiary alicyclic amines) is 1. The molecule has 1 atom stereocenters. The number of aromatic nitrogens is 1. The molecule has 1 aliphatic heterocycles. The summed E-state index contributed by atoms with van der Waals surface area (Å²) in [7, 11) is 2.24. The minimum absolute atomic E-state index is 0.463. The third kappa shape index (κ3) is 4.42. The van der Waals surface area contributed by atoms with E-state index in [0.29, 0.717) is 5.84 Å². The lowest BCUT2D eigenvalue weighted by atomic mass is 9.97. The van der Waals surface area contributed by atoms with Crippen molar-refractivity contribution in [3.05, 3.63) is 52.9 Å². The monoisotopic (exact) mass is 380 g/mol. The summed E-state index contributed by atoms with van der Waals surface area (Å²) in [6.07, 6.45) is 7.46. The lowest BCUT2D eigenvalue weighted by Crippen LogP contribution is -2.19. The molecule has 0 bridgehead atoms. The highest BCUT2D eigenvalue weighted by atomic mass is 32.1. The smallest absolute Gasteiger partial charge is 0.140 e. The predicted octanol–water partition coefficient (Wildman–Crippen LogP) is 5.26. The Morgan fingerprint density at radius 3 is 3.00 bits per heavy atom. The van der Waals surface area contributed by atoms with Gasteiger partial charge in [-0.25, -0.2) is 0 Å². The number of aryl methyl sites for hydroxylation is 1. The summed E-state index contributed by atoms with van der Waals surface area (Å²) in [4.78, 5) is 3.43. The van der Waals surface area contributed by atoms with Crippen molar-refractivity contribution in [2.24, 2.45) is 5.92 Å². The predicted molar refractivity (Wildman–Crippen MR) is 116 cm³/mol. The van der Waals surface area contributed by atoms with E-state index in [1.165, 1.54) is 49.7 Å². The van der Waals surface area contributed by atoms with E-state index in [1.807, 2.05) is 17.5 Å². The first kappa shape index (κ1) is 18.3. The van der Waals surface area contributed by atoms with Crippen LogP contribution < -0.4 is 5.32 Å². The molecule has 3 aromatic rings. The zero-order valence-electron chi connectivity index (χ0n) is 15.9. The van der Waals surface area contributed by atoms with E-state index in [9.17, 15) is 0 Å². The van der Waals surface area contributed by atoms with Crippen LogP contribution >= 0.6 is 11.3 Å². The molecule has 1 aromatic carbocycles. The number of thiophene rings is 1. The molecule has 1 aliphatic rings. The Balaban J connectivity index is 1.44. The minimum atomic E-state index is 0.463. The van der Waals surface area contributed by atoms with E-state index in [2.05, 4.69) is 52.3 Å². The molecule has 3 heterocycles. The topological polar surface area (TPSA) is 44.0 Å². The molecule has 4 rings (SSSR count). The number of benzene rings is 1. The molecule has 0 saturated carbocycles.